The third kappa shape index (κ3) is 6.59. The minimum absolute atomic E-state index is 0. The fourth-order valence-corrected chi connectivity index (χ4v) is 2.83. The van der Waals surface area contributed by atoms with E-state index in [1.54, 1.807) is 0 Å². The summed E-state index contributed by atoms with van der Waals surface area (Å²) in [6, 6.07) is 8.14. The van der Waals surface area contributed by atoms with Crippen molar-refractivity contribution in [2.24, 2.45) is 5.73 Å². The molecule has 1 saturated heterocycles. The van der Waals surface area contributed by atoms with Gasteiger partial charge in [0.15, 0.2) is 0 Å². The molecule has 0 bridgehead atoms. The van der Waals surface area contributed by atoms with Gasteiger partial charge in [0.2, 0.25) is 5.91 Å². The van der Waals surface area contributed by atoms with Crippen molar-refractivity contribution in [1.29, 1.82) is 0 Å². The van der Waals surface area contributed by atoms with Gasteiger partial charge in [0.1, 0.15) is 0 Å². The monoisotopic (exact) mass is 410 g/mol. The maximum atomic E-state index is 11.9. The molecule has 144 valence electrons. The molecule has 2 fully saturated rings. The molecule has 1 saturated carbocycles. The first-order chi connectivity index (χ1) is 10.6. The Hall–Kier alpha value is -0.560. The molecule has 2 aliphatic rings. The molecule has 1 aliphatic carbocycles. The van der Waals surface area contributed by atoms with Gasteiger partial charge in [-0.3, -0.25) is 9.69 Å². The topological polar surface area (TPSA) is 61.6 Å². The molecule has 3 N–H and O–H groups in total. The van der Waals surface area contributed by atoms with E-state index in [1.807, 2.05) is 12.1 Å². The summed E-state index contributed by atoms with van der Waals surface area (Å²) in [6.45, 7) is 8.91. The predicted molar refractivity (Wildman–Crippen MR) is 110 cm³/mol. The lowest BCUT2D eigenvalue weighted by Crippen LogP contribution is -2.45. The Labute approximate surface area is 168 Å². The number of piperazine rings is 1. The highest BCUT2D eigenvalue weighted by Gasteiger charge is 2.45. The first kappa shape index (κ1) is 24.4. The lowest BCUT2D eigenvalue weighted by Gasteiger charge is -2.34. The van der Waals surface area contributed by atoms with Crippen LogP contribution in [0, 0.1) is 0 Å². The molecule has 0 aromatic heterocycles. The van der Waals surface area contributed by atoms with Crippen molar-refractivity contribution >= 4 is 48.8 Å². The van der Waals surface area contributed by atoms with Crippen molar-refractivity contribution in [3.63, 3.8) is 0 Å². The molecule has 3 rings (SSSR count). The zero-order valence-corrected chi connectivity index (χ0v) is 17.0. The molecule has 1 aromatic carbocycles. The number of halogens is 3. The highest BCUT2D eigenvalue weighted by molar-refractivity contribution is 6.00. The van der Waals surface area contributed by atoms with Crippen LogP contribution < -0.4 is 11.1 Å². The number of anilines is 1. The van der Waals surface area contributed by atoms with Crippen LogP contribution in [0.4, 0.5) is 5.69 Å². The second-order valence-electron chi connectivity index (χ2n) is 6.52. The number of nitrogens with one attached hydrogen (secondary N) is 1. The van der Waals surface area contributed by atoms with Gasteiger partial charge in [0.25, 0.3) is 0 Å². The Morgan fingerprint density at radius 2 is 1.56 bits per heavy atom. The van der Waals surface area contributed by atoms with Crippen LogP contribution in [0.1, 0.15) is 25.3 Å². The molecule has 8 heteroatoms. The average molecular weight is 412 g/mol. The SMILES string of the molecule is CCN1CCN(Cc2ccc(NC(=O)C3(N)CC3)cc2)CC1.Cl.Cl.Cl. The van der Waals surface area contributed by atoms with E-state index in [9.17, 15) is 4.79 Å². The van der Waals surface area contributed by atoms with Crippen molar-refractivity contribution in [2.75, 3.05) is 38.0 Å². The van der Waals surface area contributed by atoms with E-state index < -0.39 is 5.54 Å². The maximum Gasteiger partial charge on any atom is 0.244 e. The van der Waals surface area contributed by atoms with Gasteiger partial charge in [0, 0.05) is 38.4 Å². The number of carbonyl (C=O) groups is 1. The number of hydrogen-bond acceptors (Lipinski definition) is 4. The van der Waals surface area contributed by atoms with Gasteiger partial charge >= 0.3 is 0 Å². The minimum Gasteiger partial charge on any atom is -0.324 e. The summed E-state index contributed by atoms with van der Waals surface area (Å²) in [6.07, 6.45) is 1.58. The van der Waals surface area contributed by atoms with Crippen molar-refractivity contribution in [2.45, 2.75) is 31.8 Å². The van der Waals surface area contributed by atoms with Gasteiger partial charge in [-0.25, -0.2) is 0 Å². The lowest BCUT2D eigenvalue weighted by atomic mass is 10.1. The number of benzene rings is 1. The Kier molecular flexibility index (Phi) is 10.3. The first-order valence-corrected chi connectivity index (χ1v) is 8.23. The number of rotatable bonds is 5. The molecular weight excluding hydrogens is 383 g/mol. The van der Waals surface area contributed by atoms with E-state index >= 15 is 0 Å². The summed E-state index contributed by atoms with van der Waals surface area (Å²) < 4.78 is 0. The largest absolute Gasteiger partial charge is 0.324 e. The van der Waals surface area contributed by atoms with Crippen LogP contribution in [-0.4, -0.2) is 54.0 Å². The Balaban J connectivity index is 0.00000192. The summed E-state index contributed by atoms with van der Waals surface area (Å²) in [7, 11) is 0. The molecule has 1 aliphatic heterocycles. The molecule has 25 heavy (non-hydrogen) atoms. The van der Waals surface area contributed by atoms with E-state index in [2.05, 4.69) is 34.2 Å². The zero-order chi connectivity index (χ0) is 15.6. The van der Waals surface area contributed by atoms with E-state index in [4.69, 9.17) is 5.73 Å². The van der Waals surface area contributed by atoms with E-state index in [-0.39, 0.29) is 43.1 Å². The smallest absolute Gasteiger partial charge is 0.244 e. The van der Waals surface area contributed by atoms with Gasteiger partial charge < -0.3 is 16.0 Å². The minimum atomic E-state index is -0.613. The second kappa shape index (κ2) is 10.6. The zero-order valence-electron chi connectivity index (χ0n) is 14.6. The van der Waals surface area contributed by atoms with E-state index in [0.717, 1.165) is 57.8 Å². The molecule has 1 aromatic rings. The highest BCUT2D eigenvalue weighted by atomic mass is 35.5. The molecule has 5 nitrogen and oxygen atoms in total. The predicted octanol–water partition coefficient (Wildman–Crippen LogP) is 2.52. The van der Waals surface area contributed by atoms with Crippen LogP contribution in [0.3, 0.4) is 0 Å². The number of hydrogen-bond donors (Lipinski definition) is 2. The molecule has 0 unspecified atom stereocenters. The van der Waals surface area contributed by atoms with Crippen molar-refractivity contribution in [1.82, 2.24) is 9.80 Å². The standard InChI is InChI=1S/C17H26N4O.3ClH/c1-2-20-9-11-21(12-10-20)13-14-3-5-15(6-4-14)19-16(22)17(18)7-8-17;;;/h3-6H,2,7-13,18H2,1H3,(H,19,22);3*1H. The molecular formula is C17H29Cl3N4O. The van der Waals surface area contributed by atoms with E-state index in [1.165, 1.54) is 5.56 Å². The van der Waals surface area contributed by atoms with Gasteiger partial charge in [-0.2, -0.15) is 0 Å². The summed E-state index contributed by atoms with van der Waals surface area (Å²) in [4.78, 5) is 16.9. The number of amides is 1. The average Bonchev–Trinajstić information content (AvgIpc) is 3.29. The number of nitrogens with two attached hydrogens (primary N) is 1. The quantitative estimate of drug-likeness (QED) is 0.781. The first-order valence-electron chi connectivity index (χ1n) is 8.23. The van der Waals surface area contributed by atoms with Crippen LogP contribution in [0.5, 0.6) is 0 Å². The fourth-order valence-electron chi connectivity index (χ4n) is 2.83. The fraction of sp³-hybridized carbons (Fsp3) is 0.588. The van der Waals surface area contributed by atoms with Crippen LogP contribution in [0.15, 0.2) is 24.3 Å². The lowest BCUT2D eigenvalue weighted by molar-refractivity contribution is -0.118. The van der Waals surface area contributed by atoms with Gasteiger partial charge in [-0.1, -0.05) is 19.1 Å². The van der Waals surface area contributed by atoms with Crippen LogP contribution in [-0.2, 0) is 11.3 Å². The number of likely N-dealkylation sites (N-methyl/N-ethyl adjacent to an activating group) is 1. The molecule has 0 spiro atoms. The normalized spacial score (nSPS) is 19.0. The second-order valence-corrected chi connectivity index (χ2v) is 6.52. The Bertz CT molecular complexity index is 529. The number of carbonyl (C=O) groups excluding carboxylic acids is 1. The summed E-state index contributed by atoms with van der Waals surface area (Å²) in [5.74, 6) is -0.0593. The third-order valence-corrected chi connectivity index (χ3v) is 4.77. The summed E-state index contributed by atoms with van der Waals surface area (Å²) >= 11 is 0. The Morgan fingerprint density at radius 1 is 1.04 bits per heavy atom. The summed E-state index contributed by atoms with van der Waals surface area (Å²) in [5.41, 5.74) is 7.40. The van der Waals surface area contributed by atoms with Crippen LogP contribution in [0.2, 0.25) is 0 Å². The van der Waals surface area contributed by atoms with Crippen LogP contribution in [0.25, 0.3) is 0 Å². The molecule has 1 amide bonds. The molecule has 0 radical (unpaired) electrons. The third-order valence-electron chi connectivity index (χ3n) is 4.77. The van der Waals surface area contributed by atoms with Crippen molar-refractivity contribution < 1.29 is 4.79 Å². The molecule has 1 heterocycles. The number of nitrogens with zero attached hydrogens (tertiary/aromatic N) is 2. The van der Waals surface area contributed by atoms with Gasteiger partial charge in [0.05, 0.1) is 5.54 Å². The molecule has 0 atom stereocenters. The van der Waals surface area contributed by atoms with Gasteiger partial charge in [-0.05, 0) is 37.1 Å². The van der Waals surface area contributed by atoms with Crippen molar-refractivity contribution in [3.8, 4) is 0 Å². The summed E-state index contributed by atoms with van der Waals surface area (Å²) in [5, 5.41) is 2.90. The highest BCUT2D eigenvalue weighted by Crippen LogP contribution is 2.33. The van der Waals surface area contributed by atoms with Crippen molar-refractivity contribution in [3.05, 3.63) is 29.8 Å². The van der Waals surface area contributed by atoms with Crippen LogP contribution >= 0.6 is 37.2 Å². The Morgan fingerprint density at radius 3 is 2.04 bits per heavy atom. The van der Waals surface area contributed by atoms with E-state index in [0.29, 0.717) is 0 Å². The van der Waals surface area contributed by atoms with Gasteiger partial charge in [-0.15, -0.1) is 37.2 Å². The maximum absolute atomic E-state index is 11.9.